The summed E-state index contributed by atoms with van der Waals surface area (Å²) < 4.78 is 0. The zero-order valence-corrected chi connectivity index (χ0v) is 25.1. The van der Waals surface area contributed by atoms with Crippen molar-refractivity contribution in [2.24, 2.45) is 0 Å². The fraction of sp³-hybridized carbons (Fsp3) is 0.0714. The number of hydrogen-bond acceptors (Lipinski definition) is 3. The number of fused-ring (bicyclic) bond motifs is 7. The molecule has 0 amide bonds. The van der Waals surface area contributed by atoms with Crippen molar-refractivity contribution in [1.82, 2.24) is 15.0 Å². The molecule has 0 radical (unpaired) electrons. The van der Waals surface area contributed by atoms with E-state index in [4.69, 9.17) is 9.97 Å². The number of rotatable bonds is 3. The second-order valence-electron chi connectivity index (χ2n) is 12.5. The van der Waals surface area contributed by atoms with E-state index in [2.05, 4.69) is 134 Å². The van der Waals surface area contributed by atoms with Crippen LogP contribution in [-0.2, 0) is 5.41 Å². The highest BCUT2D eigenvalue weighted by atomic mass is 14.7. The van der Waals surface area contributed by atoms with Gasteiger partial charge in [0.1, 0.15) is 0 Å². The normalized spacial score (nSPS) is 13.3. The Bertz CT molecular complexity index is 2460. The topological polar surface area (TPSA) is 38.7 Å². The third-order valence-electron chi connectivity index (χ3n) is 9.51. The molecule has 0 unspecified atom stereocenters. The first-order chi connectivity index (χ1) is 22.1. The molecule has 5 aromatic carbocycles. The van der Waals surface area contributed by atoms with Crippen LogP contribution >= 0.6 is 0 Å². The molecule has 1 aliphatic carbocycles. The molecule has 212 valence electrons. The van der Waals surface area contributed by atoms with E-state index in [1.807, 2.05) is 24.5 Å². The Labute approximate surface area is 261 Å². The molecule has 3 heterocycles. The average Bonchev–Trinajstić information content (AvgIpc) is 3.33. The summed E-state index contributed by atoms with van der Waals surface area (Å²) in [6.07, 6.45) is 3.68. The van der Waals surface area contributed by atoms with Crippen molar-refractivity contribution in [3.05, 3.63) is 151 Å². The minimum atomic E-state index is -0.154. The summed E-state index contributed by atoms with van der Waals surface area (Å²) in [4.78, 5) is 14.6. The van der Waals surface area contributed by atoms with Crippen molar-refractivity contribution in [3.8, 4) is 44.6 Å². The molecule has 1 aliphatic rings. The zero-order chi connectivity index (χ0) is 30.1. The van der Waals surface area contributed by atoms with E-state index in [9.17, 15) is 0 Å². The molecule has 0 bridgehead atoms. The average molecular weight is 576 g/mol. The maximum atomic E-state index is 5.21. The lowest BCUT2D eigenvalue weighted by Gasteiger charge is -2.25. The van der Waals surface area contributed by atoms with Crippen LogP contribution in [0.15, 0.2) is 140 Å². The van der Waals surface area contributed by atoms with Gasteiger partial charge >= 0.3 is 0 Å². The molecular weight excluding hydrogens is 546 g/mol. The van der Waals surface area contributed by atoms with E-state index < -0.39 is 0 Å². The van der Waals surface area contributed by atoms with E-state index in [-0.39, 0.29) is 5.41 Å². The predicted octanol–water partition coefficient (Wildman–Crippen LogP) is 10.6. The fourth-order valence-corrected chi connectivity index (χ4v) is 7.40. The lowest BCUT2D eigenvalue weighted by molar-refractivity contribution is 0.662. The van der Waals surface area contributed by atoms with Crippen LogP contribution in [0.25, 0.3) is 77.3 Å². The summed E-state index contributed by atoms with van der Waals surface area (Å²) in [6.45, 7) is 4.67. The third kappa shape index (κ3) is 3.87. The lowest BCUT2D eigenvalue weighted by Crippen LogP contribution is -2.16. The Kier molecular flexibility index (Phi) is 5.54. The van der Waals surface area contributed by atoms with E-state index >= 15 is 0 Å². The summed E-state index contributed by atoms with van der Waals surface area (Å²) in [5.74, 6) is 0. The zero-order valence-electron chi connectivity index (χ0n) is 25.1. The van der Waals surface area contributed by atoms with Crippen molar-refractivity contribution in [2.75, 3.05) is 0 Å². The maximum absolute atomic E-state index is 5.21. The van der Waals surface area contributed by atoms with E-state index in [1.165, 1.54) is 44.3 Å². The molecule has 9 rings (SSSR count). The molecule has 45 heavy (non-hydrogen) atoms. The van der Waals surface area contributed by atoms with Crippen molar-refractivity contribution in [2.45, 2.75) is 19.3 Å². The standard InChI is InChI=1S/C42H29N3/c1-42(2)35-16-5-3-13-32(35)40-38(42)37(33-14-4-6-17-36(33)45-40)27-20-18-26(19-21-27)28-10-7-11-29(24-28)34-25-30-12-8-22-43-39(30)41-31(34)15-9-23-44-41/h3-25H,1-2H3. The molecule has 3 aromatic heterocycles. The Morgan fingerprint density at radius 2 is 1.22 bits per heavy atom. The molecule has 0 aliphatic heterocycles. The summed E-state index contributed by atoms with van der Waals surface area (Å²) in [5, 5.41) is 3.40. The summed E-state index contributed by atoms with van der Waals surface area (Å²) in [7, 11) is 0. The maximum Gasteiger partial charge on any atom is 0.0970 e. The van der Waals surface area contributed by atoms with Gasteiger partial charge in [0.2, 0.25) is 0 Å². The second kappa shape index (κ2) is 9.67. The lowest BCUT2D eigenvalue weighted by atomic mass is 9.78. The number of benzene rings is 5. The number of para-hydroxylation sites is 1. The van der Waals surface area contributed by atoms with Gasteiger partial charge in [-0.05, 0) is 74.8 Å². The van der Waals surface area contributed by atoms with Crippen LogP contribution in [0.3, 0.4) is 0 Å². The van der Waals surface area contributed by atoms with Crippen LogP contribution in [0.2, 0.25) is 0 Å². The summed E-state index contributed by atoms with van der Waals surface area (Å²) in [5.41, 5.74) is 14.9. The number of pyridine rings is 3. The highest BCUT2D eigenvalue weighted by Gasteiger charge is 2.39. The van der Waals surface area contributed by atoms with Crippen molar-refractivity contribution in [3.63, 3.8) is 0 Å². The smallest absolute Gasteiger partial charge is 0.0970 e. The number of nitrogens with zero attached hydrogens (tertiary/aromatic N) is 3. The van der Waals surface area contributed by atoms with Crippen LogP contribution in [0.1, 0.15) is 25.0 Å². The van der Waals surface area contributed by atoms with Crippen LogP contribution in [0.5, 0.6) is 0 Å². The number of hydrogen-bond donors (Lipinski definition) is 0. The Hall–Kier alpha value is -5.67. The Morgan fingerprint density at radius 3 is 2.11 bits per heavy atom. The van der Waals surface area contributed by atoms with Crippen LogP contribution in [0.4, 0.5) is 0 Å². The van der Waals surface area contributed by atoms with Crippen molar-refractivity contribution < 1.29 is 0 Å². The van der Waals surface area contributed by atoms with Gasteiger partial charge in [0.05, 0.1) is 22.2 Å². The quantitative estimate of drug-likeness (QED) is 0.197. The monoisotopic (exact) mass is 575 g/mol. The van der Waals surface area contributed by atoms with Crippen LogP contribution in [-0.4, -0.2) is 15.0 Å². The molecular formula is C42H29N3. The molecule has 0 atom stereocenters. The third-order valence-corrected chi connectivity index (χ3v) is 9.51. The second-order valence-corrected chi connectivity index (χ2v) is 12.5. The van der Waals surface area contributed by atoms with E-state index in [1.54, 1.807) is 0 Å². The van der Waals surface area contributed by atoms with Gasteiger partial charge in [-0.25, -0.2) is 4.98 Å². The van der Waals surface area contributed by atoms with E-state index in [0.717, 1.165) is 44.1 Å². The molecule has 3 heteroatoms. The molecule has 0 saturated heterocycles. The van der Waals surface area contributed by atoms with Crippen molar-refractivity contribution >= 4 is 32.7 Å². The van der Waals surface area contributed by atoms with E-state index in [0.29, 0.717) is 0 Å². The fourth-order valence-electron chi connectivity index (χ4n) is 7.40. The number of aromatic nitrogens is 3. The molecule has 8 aromatic rings. The first-order valence-corrected chi connectivity index (χ1v) is 15.4. The van der Waals surface area contributed by atoms with Crippen LogP contribution in [0, 0.1) is 0 Å². The molecule has 0 saturated carbocycles. The summed E-state index contributed by atoms with van der Waals surface area (Å²) in [6, 6.07) is 45.7. The molecule has 0 N–H and O–H groups in total. The van der Waals surface area contributed by atoms with Crippen molar-refractivity contribution in [1.29, 1.82) is 0 Å². The van der Waals surface area contributed by atoms with Gasteiger partial charge in [-0.1, -0.05) is 111 Å². The Morgan fingerprint density at radius 1 is 0.511 bits per heavy atom. The highest BCUT2D eigenvalue weighted by Crippen LogP contribution is 2.53. The minimum Gasteiger partial charge on any atom is -0.254 e. The van der Waals surface area contributed by atoms with Gasteiger partial charge in [0, 0.05) is 39.5 Å². The molecule has 0 spiro atoms. The molecule has 0 fully saturated rings. The first kappa shape index (κ1) is 25.8. The minimum absolute atomic E-state index is 0.154. The van der Waals surface area contributed by atoms with Gasteiger partial charge in [0.15, 0.2) is 0 Å². The van der Waals surface area contributed by atoms with Gasteiger partial charge in [0.25, 0.3) is 0 Å². The summed E-state index contributed by atoms with van der Waals surface area (Å²) >= 11 is 0. The largest absolute Gasteiger partial charge is 0.254 e. The molecule has 3 nitrogen and oxygen atoms in total. The Balaban J connectivity index is 1.18. The van der Waals surface area contributed by atoms with Crippen LogP contribution < -0.4 is 0 Å². The first-order valence-electron chi connectivity index (χ1n) is 15.4. The van der Waals surface area contributed by atoms with Gasteiger partial charge in [-0.2, -0.15) is 0 Å². The van der Waals surface area contributed by atoms with Gasteiger partial charge in [-0.15, -0.1) is 0 Å². The van der Waals surface area contributed by atoms with Gasteiger partial charge < -0.3 is 0 Å². The predicted molar refractivity (Wildman–Crippen MR) is 186 cm³/mol. The highest BCUT2D eigenvalue weighted by molar-refractivity contribution is 6.10. The van der Waals surface area contributed by atoms with Gasteiger partial charge in [-0.3, -0.25) is 9.97 Å². The SMILES string of the molecule is CC1(C)c2ccccc2-c2nc3ccccc3c(-c3ccc(-c4cccc(-c5cc6cccnc6c6ncccc56)c4)cc3)c21.